The van der Waals surface area contributed by atoms with Crippen LogP contribution >= 0.6 is 0 Å². The third-order valence-electron chi connectivity index (χ3n) is 5.25. The zero-order valence-corrected chi connectivity index (χ0v) is 19.7. The number of allylic oxidation sites excluding steroid dienone is 1. The Labute approximate surface area is 189 Å². The van der Waals surface area contributed by atoms with Crippen LogP contribution in [-0.4, -0.2) is 16.5 Å². The second-order valence-electron chi connectivity index (χ2n) is 8.87. The third-order valence-corrected chi connectivity index (χ3v) is 10.4. The van der Waals surface area contributed by atoms with Crippen LogP contribution in [0.2, 0.25) is 10.5 Å². The van der Waals surface area contributed by atoms with Crippen molar-refractivity contribution in [2.75, 3.05) is 0 Å². The maximum Gasteiger partial charge on any atom is -0.0149 e. The Kier molecular flexibility index (Phi) is 8.21. The summed E-state index contributed by atoms with van der Waals surface area (Å²) in [6.07, 6.45) is 3.62. The summed E-state index contributed by atoms with van der Waals surface area (Å²) in [6.45, 7) is 6.85. The van der Waals surface area contributed by atoms with E-state index in [9.17, 15) is 0 Å². The van der Waals surface area contributed by atoms with E-state index in [0.717, 1.165) is 6.42 Å². The third kappa shape index (κ3) is 4.75. The number of hydrogen-bond acceptors (Lipinski definition) is 1. The molecule has 1 aliphatic carbocycles. The second-order valence-corrected chi connectivity index (χ2v) is 15.3. The average molecular weight is 468 g/mol. The first-order valence-electron chi connectivity index (χ1n) is 9.18. The van der Waals surface area contributed by atoms with E-state index in [0.29, 0.717) is 0 Å². The van der Waals surface area contributed by atoms with Gasteiger partial charge >= 0.3 is 155 Å². The molecular weight excluding hydrogens is 437 g/mol. The van der Waals surface area contributed by atoms with Crippen LogP contribution in [0, 0.1) is 0 Å². The fourth-order valence-electron chi connectivity index (χ4n) is 4.33. The van der Waals surface area contributed by atoms with Gasteiger partial charge in [-0.15, -0.1) is 0 Å². The van der Waals surface area contributed by atoms with Crippen molar-refractivity contribution in [3.05, 3.63) is 63.5 Å². The molecule has 0 spiro atoms. The molecule has 0 saturated carbocycles. The van der Waals surface area contributed by atoms with E-state index in [1.165, 1.54) is 32.7 Å². The van der Waals surface area contributed by atoms with Gasteiger partial charge in [-0.3, -0.25) is 0 Å². The molecule has 0 unspecified atom stereocenters. The molecule has 5 heteroatoms. The molecule has 1 nitrogen and oxygen atoms in total. The van der Waals surface area contributed by atoms with Crippen LogP contribution in [0.15, 0.2) is 52.4 Å². The molecule has 0 bridgehead atoms. The second kappa shape index (κ2) is 9.04. The smallest absolute Gasteiger partial charge is 0.0149 e. The molecule has 3 aromatic rings. The summed E-state index contributed by atoms with van der Waals surface area (Å²) in [5, 5.41) is 10.4. The van der Waals surface area contributed by atoms with Crippen molar-refractivity contribution in [1.29, 1.82) is 0 Å². The quantitative estimate of drug-likeness (QED) is 0.376. The van der Waals surface area contributed by atoms with Gasteiger partial charge in [0.2, 0.25) is 0 Å². The first kappa shape index (κ1) is 25.4. The topological polar surface area (TPSA) is 12.0 Å². The summed E-state index contributed by atoms with van der Waals surface area (Å²) in [7, 11) is 0. The van der Waals surface area contributed by atoms with Gasteiger partial charge in [-0.2, -0.15) is 0 Å². The standard InChI is InChI=1S/C17H11.C4H10N.2CH3.2ClH.H4Si.Ti/c1-2-6-14-12(4-1)8-10-17-15-7-3-5-13(15)9-11-16(14)17;1-4(2,3)5;;;;;;/h1-2,4,6-11H,5H2;5H,1-3H3;2*1H3;2*1H;1H4;/q;-1;;;;;;+3/p-2. The molecule has 0 saturated heterocycles. The Morgan fingerprint density at radius 1 is 0.821 bits per heavy atom. The predicted molar refractivity (Wildman–Crippen MR) is 119 cm³/mol. The molecule has 0 amide bonds. The Morgan fingerprint density at radius 3 is 2.14 bits per heavy atom. The maximum atomic E-state index is 3.97. The van der Waals surface area contributed by atoms with Gasteiger partial charge in [-0.05, 0) is 11.0 Å². The molecule has 3 aromatic carbocycles. The molecule has 0 heterocycles. The first-order valence-corrected chi connectivity index (χ1v) is 13.9. The largest absolute Gasteiger partial charge is 1.00 e. The average Bonchev–Trinajstić information content (AvgIpc) is 2.97. The normalized spacial score (nSPS) is 12.7. The minimum absolute atomic E-state index is 0. The Bertz CT molecular complexity index is 1020. The van der Waals surface area contributed by atoms with Gasteiger partial charge in [-0.1, -0.05) is 0 Å². The maximum absolute atomic E-state index is 3.97. The van der Waals surface area contributed by atoms with E-state index in [2.05, 4.69) is 89.6 Å². The molecule has 1 aliphatic rings. The van der Waals surface area contributed by atoms with Gasteiger partial charge in [0, 0.05) is 0 Å². The number of halogens is 2. The number of hydrogen-bond donors (Lipinski definition) is 1. The van der Waals surface area contributed by atoms with Crippen molar-refractivity contribution >= 4 is 38.6 Å². The molecule has 150 valence electrons. The van der Waals surface area contributed by atoms with Crippen LogP contribution in [0.25, 0.3) is 27.6 Å². The van der Waals surface area contributed by atoms with E-state index in [-0.39, 0.29) is 41.3 Å². The van der Waals surface area contributed by atoms with Crippen molar-refractivity contribution in [2.45, 2.75) is 43.2 Å². The fourth-order valence-corrected chi connectivity index (χ4v) is 9.29. The zero-order valence-electron chi connectivity index (χ0n) is 16.7. The van der Waals surface area contributed by atoms with Crippen LogP contribution in [-0.2, 0) is 23.3 Å². The number of benzene rings is 3. The zero-order chi connectivity index (χ0) is 17.8. The van der Waals surface area contributed by atoms with Gasteiger partial charge in [0.15, 0.2) is 0 Å². The summed E-state index contributed by atoms with van der Waals surface area (Å²) >= 11 is -2.20. The fraction of sp³-hybridized carbons (Fsp3) is 0.304. The molecule has 0 atom stereocenters. The monoisotopic (exact) mass is 467 g/mol. The van der Waals surface area contributed by atoms with Crippen molar-refractivity contribution in [1.82, 2.24) is 3.80 Å². The van der Waals surface area contributed by atoms with Gasteiger partial charge in [0.05, 0.1) is 0 Å². The Hall–Kier alpha value is -0.609. The van der Waals surface area contributed by atoms with Crippen molar-refractivity contribution in [3.63, 3.8) is 0 Å². The van der Waals surface area contributed by atoms with Crippen LogP contribution in [0.1, 0.15) is 31.9 Å². The molecule has 4 rings (SSSR count). The molecule has 0 fully saturated rings. The van der Waals surface area contributed by atoms with Crippen LogP contribution in [0.3, 0.4) is 0 Å². The van der Waals surface area contributed by atoms with E-state index >= 15 is 0 Å². The van der Waals surface area contributed by atoms with E-state index in [1.807, 2.05) is 0 Å². The molecule has 0 aromatic heterocycles. The summed E-state index contributed by atoms with van der Waals surface area (Å²) in [5.74, 6) is 0. The SMILES string of the molecule is CC(C)(C)[NH][Ti+2]([CH3])([CH3])[C]1=Cc2c(ccc3c2ccc2ccccc23)C1.[Cl-].[Cl-].[SiH4]. The van der Waals surface area contributed by atoms with Crippen LogP contribution < -0.4 is 28.6 Å². The van der Waals surface area contributed by atoms with Crippen LogP contribution in [0.5, 0.6) is 0 Å². The summed E-state index contributed by atoms with van der Waals surface area (Å²) < 4.78 is 5.63. The number of rotatable bonds is 2. The minimum Gasteiger partial charge on any atom is -1.00 e. The Balaban J connectivity index is 0.00000131. The molecular formula is C23H31Cl2NSiTi. The van der Waals surface area contributed by atoms with Crippen molar-refractivity contribution in [3.8, 4) is 0 Å². The van der Waals surface area contributed by atoms with Gasteiger partial charge in [0.1, 0.15) is 0 Å². The molecule has 0 aliphatic heterocycles. The minimum atomic E-state index is -2.20. The molecule has 1 N–H and O–H groups in total. The Morgan fingerprint density at radius 2 is 1.46 bits per heavy atom. The van der Waals surface area contributed by atoms with Crippen molar-refractivity contribution in [2.24, 2.45) is 0 Å². The van der Waals surface area contributed by atoms with Crippen LogP contribution in [0.4, 0.5) is 0 Å². The van der Waals surface area contributed by atoms with Gasteiger partial charge < -0.3 is 24.8 Å². The molecule has 28 heavy (non-hydrogen) atoms. The molecule has 0 radical (unpaired) electrons. The van der Waals surface area contributed by atoms with E-state index in [1.54, 1.807) is 3.88 Å². The van der Waals surface area contributed by atoms with E-state index < -0.39 is 16.8 Å². The van der Waals surface area contributed by atoms with E-state index in [4.69, 9.17) is 0 Å². The van der Waals surface area contributed by atoms with Gasteiger partial charge in [0.25, 0.3) is 0 Å². The van der Waals surface area contributed by atoms with Crippen molar-refractivity contribution < 1.29 is 41.7 Å². The number of nitrogens with one attached hydrogen (secondary N) is 1. The summed E-state index contributed by atoms with van der Waals surface area (Å²) in [4.78, 5) is 0. The number of fused-ring (bicyclic) bond motifs is 5. The summed E-state index contributed by atoms with van der Waals surface area (Å²) in [5.41, 5.74) is 3.12. The summed E-state index contributed by atoms with van der Waals surface area (Å²) in [6, 6.07) is 18.0. The predicted octanol–water partition coefficient (Wildman–Crippen LogP) is -1.00. The first-order chi connectivity index (χ1) is 11.7. The van der Waals surface area contributed by atoms with Gasteiger partial charge in [-0.25, -0.2) is 0 Å².